The molecule has 1 heterocycles. The number of nitrogens with zero attached hydrogens (tertiary/aromatic N) is 2. The van der Waals surface area contributed by atoms with E-state index in [2.05, 4.69) is 11.1 Å². The molecule has 19 heavy (non-hydrogen) atoms. The van der Waals surface area contributed by atoms with Crippen LogP contribution in [0.4, 0.5) is 5.82 Å². The Morgan fingerprint density at radius 3 is 2.68 bits per heavy atom. The summed E-state index contributed by atoms with van der Waals surface area (Å²) in [5, 5.41) is 9.97. The number of anilines is 1. The molecule has 3 nitrogen and oxygen atoms in total. The smallest absolute Gasteiger partial charge is 0.131 e. The first-order chi connectivity index (χ1) is 9.04. The van der Waals surface area contributed by atoms with Crippen LogP contribution < -0.4 is 5.73 Å². The van der Waals surface area contributed by atoms with Crippen LogP contribution in [0.25, 0.3) is 11.1 Å². The lowest BCUT2D eigenvalue weighted by Gasteiger charge is -2.12. The molecule has 0 fully saturated rings. The highest BCUT2D eigenvalue weighted by molar-refractivity contribution is 6.45. The molecule has 2 aromatic rings. The van der Waals surface area contributed by atoms with Gasteiger partial charge >= 0.3 is 0 Å². The largest absolute Gasteiger partial charge is 0.383 e. The molecule has 0 bridgehead atoms. The SMILES string of the molecule is N#CCc1ccnc(N)c1-c1cc(Cl)cc(Cl)c1Cl. The molecule has 0 atom stereocenters. The van der Waals surface area contributed by atoms with Crippen LogP contribution in [0.5, 0.6) is 0 Å². The van der Waals surface area contributed by atoms with Crippen molar-refractivity contribution < 1.29 is 0 Å². The number of nitriles is 1. The Labute approximate surface area is 125 Å². The van der Waals surface area contributed by atoms with E-state index in [0.29, 0.717) is 26.2 Å². The van der Waals surface area contributed by atoms with Gasteiger partial charge in [0, 0.05) is 22.3 Å². The van der Waals surface area contributed by atoms with Crippen LogP contribution in [0.1, 0.15) is 5.56 Å². The van der Waals surface area contributed by atoms with Crippen molar-refractivity contribution in [1.29, 1.82) is 5.26 Å². The van der Waals surface area contributed by atoms with Gasteiger partial charge in [0.25, 0.3) is 0 Å². The van der Waals surface area contributed by atoms with E-state index in [0.717, 1.165) is 5.56 Å². The van der Waals surface area contributed by atoms with Crippen LogP contribution in [0.3, 0.4) is 0 Å². The molecule has 0 saturated heterocycles. The van der Waals surface area contributed by atoms with Crippen molar-refractivity contribution in [2.45, 2.75) is 6.42 Å². The maximum absolute atomic E-state index is 8.86. The van der Waals surface area contributed by atoms with E-state index in [9.17, 15) is 0 Å². The Morgan fingerprint density at radius 1 is 1.26 bits per heavy atom. The van der Waals surface area contributed by atoms with E-state index in [1.165, 1.54) is 0 Å². The van der Waals surface area contributed by atoms with Gasteiger partial charge in [0.15, 0.2) is 0 Å². The fourth-order valence-electron chi connectivity index (χ4n) is 1.80. The minimum Gasteiger partial charge on any atom is -0.383 e. The van der Waals surface area contributed by atoms with Crippen molar-refractivity contribution in [3.05, 3.63) is 45.0 Å². The highest BCUT2D eigenvalue weighted by atomic mass is 35.5. The number of nitrogens with two attached hydrogens (primary N) is 1. The maximum Gasteiger partial charge on any atom is 0.131 e. The summed E-state index contributed by atoms with van der Waals surface area (Å²) in [6.45, 7) is 0. The van der Waals surface area contributed by atoms with Crippen molar-refractivity contribution >= 4 is 40.6 Å². The van der Waals surface area contributed by atoms with Crippen LogP contribution in [0, 0.1) is 11.3 Å². The summed E-state index contributed by atoms with van der Waals surface area (Å²) in [5.41, 5.74) is 7.79. The molecule has 0 spiro atoms. The second-order valence-electron chi connectivity index (χ2n) is 3.81. The molecule has 0 radical (unpaired) electrons. The van der Waals surface area contributed by atoms with Crippen molar-refractivity contribution in [1.82, 2.24) is 4.98 Å². The summed E-state index contributed by atoms with van der Waals surface area (Å²) in [7, 11) is 0. The fourth-order valence-corrected chi connectivity index (χ4v) is 2.50. The lowest BCUT2D eigenvalue weighted by atomic mass is 9.99. The Balaban J connectivity index is 2.75. The second-order valence-corrected chi connectivity index (χ2v) is 5.04. The zero-order valence-corrected chi connectivity index (χ0v) is 11.9. The first-order valence-corrected chi connectivity index (χ1v) is 6.43. The van der Waals surface area contributed by atoms with Crippen LogP contribution in [0.2, 0.25) is 15.1 Å². The molecule has 2 rings (SSSR count). The number of aromatic nitrogens is 1. The minimum absolute atomic E-state index is 0.197. The van der Waals surface area contributed by atoms with E-state index in [4.69, 9.17) is 45.8 Å². The Hall–Kier alpha value is -1.47. The zero-order chi connectivity index (χ0) is 14.0. The van der Waals surface area contributed by atoms with Gasteiger partial charge in [-0.15, -0.1) is 0 Å². The first kappa shape index (κ1) is 14.0. The normalized spacial score (nSPS) is 10.2. The summed E-state index contributed by atoms with van der Waals surface area (Å²) in [6.07, 6.45) is 1.74. The highest BCUT2D eigenvalue weighted by Crippen LogP contribution is 2.39. The van der Waals surface area contributed by atoms with Crippen molar-refractivity contribution in [2.75, 3.05) is 5.73 Å². The highest BCUT2D eigenvalue weighted by Gasteiger charge is 2.16. The number of pyridine rings is 1. The molecule has 0 amide bonds. The summed E-state index contributed by atoms with van der Waals surface area (Å²) < 4.78 is 0. The predicted molar refractivity (Wildman–Crippen MR) is 78.4 cm³/mol. The lowest BCUT2D eigenvalue weighted by Crippen LogP contribution is -1.99. The Bertz CT molecular complexity index is 678. The molecule has 6 heteroatoms. The maximum atomic E-state index is 8.86. The zero-order valence-electron chi connectivity index (χ0n) is 9.62. The summed E-state index contributed by atoms with van der Waals surface area (Å²) in [5.74, 6) is 0.285. The summed E-state index contributed by atoms with van der Waals surface area (Å²) in [6, 6.07) is 7.00. The van der Waals surface area contributed by atoms with Crippen LogP contribution in [-0.4, -0.2) is 4.98 Å². The topological polar surface area (TPSA) is 62.7 Å². The molecule has 96 valence electrons. The van der Waals surface area contributed by atoms with Gasteiger partial charge in [-0.3, -0.25) is 0 Å². The third-order valence-electron chi connectivity index (χ3n) is 2.60. The fraction of sp³-hybridized carbons (Fsp3) is 0.0769. The lowest BCUT2D eigenvalue weighted by molar-refractivity contribution is 1.22. The van der Waals surface area contributed by atoms with Gasteiger partial charge in [0.1, 0.15) is 5.82 Å². The number of benzene rings is 1. The van der Waals surface area contributed by atoms with E-state index in [-0.39, 0.29) is 12.2 Å². The number of hydrogen-bond acceptors (Lipinski definition) is 3. The molecule has 0 aliphatic carbocycles. The van der Waals surface area contributed by atoms with Crippen LogP contribution in [-0.2, 0) is 6.42 Å². The molecule has 0 unspecified atom stereocenters. The molecule has 1 aromatic carbocycles. The molecular formula is C13H8Cl3N3. The minimum atomic E-state index is 0.197. The van der Waals surface area contributed by atoms with Crippen molar-refractivity contribution in [2.24, 2.45) is 0 Å². The average Bonchev–Trinajstić information content (AvgIpc) is 2.35. The molecular weight excluding hydrogens is 305 g/mol. The van der Waals surface area contributed by atoms with E-state index in [1.807, 2.05) is 0 Å². The van der Waals surface area contributed by atoms with Gasteiger partial charge in [-0.1, -0.05) is 34.8 Å². The van der Waals surface area contributed by atoms with Crippen molar-refractivity contribution in [3.8, 4) is 17.2 Å². The standard InChI is InChI=1S/C13H8Cl3N3/c14-8-5-9(12(16)10(15)6-8)11-7(1-3-17)2-4-19-13(11)18/h2,4-6H,1H2,(H2,18,19). The number of rotatable bonds is 2. The Morgan fingerprint density at radius 2 is 2.00 bits per heavy atom. The van der Waals surface area contributed by atoms with Gasteiger partial charge < -0.3 is 5.73 Å². The molecule has 0 aliphatic heterocycles. The summed E-state index contributed by atoms with van der Waals surface area (Å²) in [4.78, 5) is 4.02. The van der Waals surface area contributed by atoms with Crippen molar-refractivity contribution in [3.63, 3.8) is 0 Å². The van der Waals surface area contributed by atoms with Gasteiger partial charge in [-0.05, 0) is 23.8 Å². The van der Waals surface area contributed by atoms with E-state index < -0.39 is 0 Å². The first-order valence-electron chi connectivity index (χ1n) is 5.29. The monoisotopic (exact) mass is 311 g/mol. The summed E-state index contributed by atoms with van der Waals surface area (Å²) >= 11 is 18.2. The quantitative estimate of drug-likeness (QED) is 0.838. The third-order valence-corrected chi connectivity index (χ3v) is 3.62. The van der Waals surface area contributed by atoms with Gasteiger partial charge in [0.05, 0.1) is 22.5 Å². The van der Waals surface area contributed by atoms with E-state index in [1.54, 1.807) is 24.4 Å². The number of nitrogen functional groups attached to an aromatic ring is 1. The Kier molecular flexibility index (Phi) is 4.16. The van der Waals surface area contributed by atoms with Gasteiger partial charge in [-0.2, -0.15) is 5.26 Å². The molecule has 1 aromatic heterocycles. The molecule has 0 saturated carbocycles. The number of halogens is 3. The van der Waals surface area contributed by atoms with Gasteiger partial charge in [0.2, 0.25) is 0 Å². The average molecular weight is 313 g/mol. The third kappa shape index (κ3) is 2.76. The van der Waals surface area contributed by atoms with Gasteiger partial charge in [-0.25, -0.2) is 4.98 Å². The number of hydrogen-bond donors (Lipinski definition) is 1. The van der Waals surface area contributed by atoms with Crippen LogP contribution >= 0.6 is 34.8 Å². The second kappa shape index (κ2) is 5.66. The molecule has 2 N–H and O–H groups in total. The van der Waals surface area contributed by atoms with E-state index >= 15 is 0 Å². The predicted octanol–water partition coefficient (Wildman–Crippen LogP) is 4.36. The molecule has 0 aliphatic rings. The van der Waals surface area contributed by atoms with Crippen LogP contribution in [0.15, 0.2) is 24.4 Å².